The fourth-order valence-electron chi connectivity index (χ4n) is 2.46. The van der Waals surface area contributed by atoms with Crippen molar-refractivity contribution in [2.75, 3.05) is 5.32 Å². The highest BCUT2D eigenvalue weighted by atomic mass is 35.5. The first-order valence-electron chi connectivity index (χ1n) is 7.37. The molecule has 2 heterocycles. The van der Waals surface area contributed by atoms with E-state index < -0.39 is 0 Å². The zero-order valence-corrected chi connectivity index (χ0v) is 15.0. The van der Waals surface area contributed by atoms with Gasteiger partial charge in [-0.25, -0.2) is 0 Å². The van der Waals surface area contributed by atoms with Crippen molar-refractivity contribution < 1.29 is 5.11 Å². The summed E-state index contributed by atoms with van der Waals surface area (Å²) in [6.07, 6.45) is 3.66. The van der Waals surface area contributed by atoms with Gasteiger partial charge < -0.3 is 10.4 Å². The number of aliphatic imine (C=N–C) groups is 1. The van der Waals surface area contributed by atoms with E-state index in [9.17, 15) is 5.11 Å². The highest BCUT2D eigenvalue weighted by molar-refractivity contribution is 7.16. The van der Waals surface area contributed by atoms with Gasteiger partial charge in [-0.3, -0.25) is 4.99 Å². The van der Waals surface area contributed by atoms with E-state index in [4.69, 9.17) is 23.2 Å². The SMILES string of the molecule is Oc1nc(Nc2ccc(Cl)c(Cl)c2)sc1C=C1C=Nc2ccccc21. The molecule has 25 heavy (non-hydrogen) atoms. The number of anilines is 2. The summed E-state index contributed by atoms with van der Waals surface area (Å²) in [7, 11) is 0. The maximum Gasteiger partial charge on any atom is 0.231 e. The fraction of sp³-hybridized carbons (Fsp3) is 0. The van der Waals surface area contributed by atoms with Gasteiger partial charge in [0.15, 0.2) is 5.13 Å². The molecule has 7 heteroatoms. The van der Waals surface area contributed by atoms with Crippen LogP contribution in [0.2, 0.25) is 10.0 Å². The smallest absolute Gasteiger partial charge is 0.231 e. The molecular formula is C18H11Cl2N3OS. The number of nitrogens with zero attached hydrogens (tertiary/aromatic N) is 2. The molecule has 2 N–H and O–H groups in total. The number of aromatic hydroxyl groups is 1. The van der Waals surface area contributed by atoms with Crippen LogP contribution in [0.4, 0.5) is 16.5 Å². The molecular weight excluding hydrogens is 377 g/mol. The summed E-state index contributed by atoms with van der Waals surface area (Å²) in [4.78, 5) is 9.17. The summed E-state index contributed by atoms with van der Waals surface area (Å²) in [6.45, 7) is 0. The molecule has 0 bridgehead atoms. The molecule has 1 aliphatic rings. The van der Waals surface area contributed by atoms with Crippen molar-refractivity contribution in [3.63, 3.8) is 0 Å². The Hall–Kier alpha value is -2.34. The normalized spacial score (nSPS) is 14.1. The van der Waals surface area contributed by atoms with Gasteiger partial charge in [0.2, 0.25) is 5.88 Å². The van der Waals surface area contributed by atoms with E-state index in [0.717, 1.165) is 22.5 Å². The lowest BCUT2D eigenvalue weighted by atomic mass is 10.1. The van der Waals surface area contributed by atoms with Gasteiger partial charge in [0.05, 0.1) is 20.6 Å². The first-order valence-corrected chi connectivity index (χ1v) is 8.94. The third kappa shape index (κ3) is 3.26. The minimum Gasteiger partial charge on any atom is -0.492 e. The van der Waals surface area contributed by atoms with Gasteiger partial charge in [0.25, 0.3) is 0 Å². The Morgan fingerprint density at radius 2 is 1.92 bits per heavy atom. The predicted octanol–water partition coefficient (Wildman–Crippen LogP) is 6.16. The molecule has 0 fully saturated rings. The Kier molecular flexibility index (Phi) is 4.21. The summed E-state index contributed by atoms with van der Waals surface area (Å²) in [5.41, 5.74) is 3.65. The second-order valence-electron chi connectivity index (χ2n) is 5.34. The highest BCUT2D eigenvalue weighted by Crippen LogP contribution is 2.37. The Balaban J connectivity index is 1.62. The number of nitrogens with one attached hydrogen (secondary N) is 1. The number of fused-ring (bicyclic) bond motifs is 1. The molecule has 0 unspecified atom stereocenters. The van der Waals surface area contributed by atoms with Crippen LogP contribution >= 0.6 is 34.5 Å². The number of rotatable bonds is 3. The van der Waals surface area contributed by atoms with Crippen molar-refractivity contribution >= 4 is 68.9 Å². The van der Waals surface area contributed by atoms with Crippen LogP contribution in [-0.4, -0.2) is 16.3 Å². The lowest BCUT2D eigenvalue weighted by Gasteiger charge is -2.03. The summed E-state index contributed by atoms with van der Waals surface area (Å²) < 4.78 is 0. The molecule has 0 spiro atoms. The Morgan fingerprint density at radius 3 is 2.76 bits per heavy atom. The van der Waals surface area contributed by atoms with Crippen LogP contribution in [0.3, 0.4) is 0 Å². The number of benzene rings is 2. The average molecular weight is 388 g/mol. The van der Waals surface area contributed by atoms with Crippen molar-refractivity contribution in [1.29, 1.82) is 0 Å². The molecule has 3 aromatic rings. The second-order valence-corrected chi connectivity index (χ2v) is 7.18. The molecule has 0 aliphatic carbocycles. The summed E-state index contributed by atoms with van der Waals surface area (Å²) in [5.74, 6) is -0.0298. The van der Waals surface area contributed by atoms with E-state index >= 15 is 0 Å². The fourth-order valence-corrected chi connectivity index (χ4v) is 3.59. The Labute approximate surface area is 158 Å². The van der Waals surface area contributed by atoms with Gasteiger partial charge in [0.1, 0.15) is 0 Å². The Bertz CT molecular complexity index is 1030. The van der Waals surface area contributed by atoms with Gasteiger partial charge in [-0.05, 0) is 30.3 Å². The molecule has 0 radical (unpaired) electrons. The van der Waals surface area contributed by atoms with Gasteiger partial charge >= 0.3 is 0 Å². The van der Waals surface area contributed by atoms with Crippen molar-refractivity contribution in [1.82, 2.24) is 4.98 Å². The molecule has 124 valence electrons. The number of thiazole rings is 1. The van der Waals surface area contributed by atoms with E-state index in [1.54, 1.807) is 24.4 Å². The van der Waals surface area contributed by atoms with Crippen molar-refractivity contribution in [3.05, 3.63) is 63.0 Å². The minimum absolute atomic E-state index is 0.0298. The molecule has 0 atom stereocenters. The van der Waals surface area contributed by atoms with E-state index in [2.05, 4.69) is 15.3 Å². The third-order valence-corrected chi connectivity index (χ3v) is 5.30. The lowest BCUT2D eigenvalue weighted by molar-refractivity contribution is 0.457. The molecule has 4 rings (SSSR count). The lowest BCUT2D eigenvalue weighted by Crippen LogP contribution is -1.88. The quantitative estimate of drug-likeness (QED) is 0.565. The summed E-state index contributed by atoms with van der Waals surface area (Å²) in [6, 6.07) is 13.1. The molecule has 0 saturated carbocycles. The van der Waals surface area contributed by atoms with Crippen LogP contribution in [0.5, 0.6) is 5.88 Å². The van der Waals surface area contributed by atoms with E-state index in [0.29, 0.717) is 20.1 Å². The molecule has 4 nitrogen and oxygen atoms in total. The number of halogens is 2. The summed E-state index contributed by atoms with van der Waals surface area (Å²) in [5, 5.41) is 14.8. The number of hydrogen-bond acceptors (Lipinski definition) is 5. The van der Waals surface area contributed by atoms with E-state index in [-0.39, 0.29) is 5.88 Å². The van der Waals surface area contributed by atoms with Crippen LogP contribution in [0.1, 0.15) is 10.4 Å². The standard InChI is InChI=1S/C18H11Cl2N3OS/c19-13-6-5-11(8-14(13)20)22-18-23-17(24)16(25-18)7-10-9-21-15-4-2-1-3-12(10)15/h1-9,24H,(H,22,23). The number of para-hydroxylation sites is 1. The zero-order valence-electron chi connectivity index (χ0n) is 12.7. The number of hydrogen-bond donors (Lipinski definition) is 2. The van der Waals surface area contributed by atoms with Crippen LogP contribution < -0.4 is 5.32 Å². The van der Waals surface area contributed by atoms with Gasteiger partial charge in [-0.15, -0.1) is 0 Å². The predicted molar refractivity (Wildman–Crippen MR) is 106 cm³/mol. The van der Waals surface area contributed by atoms with E-state index in [1.165, 1.54) is 11.3 Å². The van der Waals surface area contributed by atoms with Crippen LogP contribution in [0, 0.1) is 0 Å². The molecule has 2 aromatic carbocycles. The van der Waals surface area contributed by atoms with Gasteiger partial charge in [-0.2, -0.15) is 4.98 Å². The van der Waals surface area contributed by atoms with Crippen molar-refractivity contribution in [3.8, 4) is 5.88 Å². The van der Waals surface area contributed by atoms with E-state index in [1.807, 2.05) is 30.3 Å². The maximum atomic E-state index is 10.1. The zero-order chi connectivity index (χ0) is 17.4. The maximum absolute atomic E-state index is 10.1. The minimum atomic E-state index is -0.0298. The third-order valence-electron chi connectivity index (χ3n) is 3.65. The molecule has 0 saturated heterocycles. The second kappa shape index (κ2) is 6.52. The monoisotopic (exact) mass is 387 g/mol. The molecule has 1 aromatic heterocycles. The highest BCUT2D eigenvalue weighted by Gasteiger charge is 2.14. The van der Waals surface area contributed by atoms with Gasteiger partial charge in [-0.1, -0.05) is 52.7 Å². The van der Waals surface area contributed by atoms with Crippen LogP contribution in [-0.2, 0) is 0 Å². The molecule has 1 aliphatic heterocycles. The average Bonchev–Trinajstić information content (AvgIpc) is 3.16. The van der Waals surface area contributed by atoms with Crippen LogP contribution in [0.25, 0.3) is 11.6 Å². The number of aromatic nitrogens is 1. The molecule has 0 amide bonds. The van der Waals surface area contributed by atoms with Crippen LogP contribution in [0.15, 0.2) is 47.5 Å². The first kappa shape index (κ1) is 16.1. The van der Waals surface area contributed by atoms with Crippen molar-refractivity contribution in [2.24, 2.45) is 4.99 Å². The Morgan fingerprint density at radius 1 is 1.08 bits per heavy atom. The number of allylic oxidation sites excluding steroid dienone is 1. The first-order chi connectivity index (χ1) is 12.1. The topological polar surface area (TPSA) is 57.5 Å². The largest absolute Gasteiger partial charge is 0.492 e. The van der Waals surface area contributed by atoms with Crippen molar-refractivity contribution in [2.45, 2.75) is 0 Å². The summed E-state index contributed by atoms with van der Waals surface area (Å²) >= 11 is 13.3. The van der Waals surface area contributed by atoms with Gasteiger partial charge in [0, 0.05) is 23.0 Å².